The third kappa shape index (κ3) is 4.51. The molecule has 3 N–H and O–H groups in total. The fourth-order valence-corrected chi connectivity index (χ4v) is 3.29. The number of amides is 1. The number of thioether (sulfide) groups is 1. The third-order valence-corrected chi connectivity index (χ3v) is 4.78. The normalized spacial score (nSPS) is 10.4. The van der Waals surface area contributed by atoms with Crippen LogP contribution in [0.2, 0.25) is 0 Å². The van der Waals surface area contributed by atoms with Crippen molar-refractivity contribution in [2.24, 2.45) is 0 Å². The van der Waals surface area contributed by atoms with Gasteiger partial charge in [0.2, 0.25) is 5.91 Å². The number of carbonyl (C=O) groups excluding carboxylic acids is 1. The Morgan fingerprint density at radius 1 is 1.24 bits per heavy atom. The molecule has 0 saturated carbocycles. The Balaban J connectivity index is 1.97. The molecule has 110 valence electrons. The highest BCUT2D eigenvalue weighted by atomic mass is 79.9. The zero-order valence-corrected chi connectivity index (χ0v) is 14.3. The van der Waals surface area contributed by atoms with Crippen molar-refractivity contribution in [2.75, 3.05) is 16.8 Å². The Morgan fingerprint density at radius 2 is 2.00 bits per heavy atom. The summed E-state index contributed by atoms with van der Waals surface area (Å²) in [6.07, 6.45) is 0. The summed E-state index contributed by atoms with van der Waals surface area (Å²) in [6, 6.07) is 11.6. The van der Waals surface area contributed by atoms with E-state index in [0.29, 0.717) is 11.4 Å². The molecule has 2 aromatic carbocycles. The highest BCUT2D eigenvalue weighted by Crippen LogP contribution is 2.26. The van der Waals surface area contributed by atoms with Crippen molar-refractivity contribution < 1.29 is 4.79 Å². The van der Waals surface area contributed by atoms with Gasteiger partial charge in [-0.1, -0.05) is 12.1 Å². The Labute approximate surface area is 137 Å². The summed E-state index contributed by atoms with van der Waals surface area (Å²) in [5.41, 5.74) is 9.54. The lowest BCUT2D eigenvalue weighted by atomic mass is 10.2. The van der Waals surface area contributed by atoms with Crippen molar-refractivity contribution in [2.45, 2.75) is 18.7 Å². The van der Waals surface area contributed by atoms with Crippen LogP contribution in [-0.4, -0.2) is 11.7 Å². The van der Waals surface area contributed by atoms with Crippen LogP contribution in [0, 0.1) is 13.8 Å². The standard InChI is InChI=1S/C16H17BrN2OS/c1-10-3-6-14(13(17)7-10)19-16(20)9-21-15-8-12(18)5-4-11(15)2/h3-8H,9,18H2,1-2H3,(H,19,20). The van der Waals surface area contributed by atoms with Gasteiger partial charge in [-0.15, -0.1) is 11.8 Å². The van der Waals surface area contributed by atoms with Gasteiger partial charge >= 0.3 is 0 Å². The van der Waals surface area contributed by atoms with Gasteiger partial charge in [0.25, 0.3) is 0 Å². The number of aryl methyl sites for hydroxylation is 2. The number of anilines is 2. The van der Waals surface area contributed by atoms with Crippen LogP contribution in [0.3, 0.4) is 0 Å². The van der Waals surface area contributed by atoms with Gasteiger partial charge in [-0.25, -0.2) is 0 Å². The number of hydrogen-bond acceptors (Lipinski definition) is 3. The molecule has 0 radical (unpaired) electrons. The van der Waals surface area contributed by atoms with E-state index in [1.165, 1.54) is 11.8 Å². The number of halogens is 1. The van der Waals surface area contributed by atoms with E-state index in [1.807, 2.05) is 50.2 Å². The molecule has 0 aliphatic rings. The first-order chi connectivity index (χ1) is 9.95. The summed E-state index contributed by atoms with van der Waals surface area (Å²) in [5, 5.41) is 2.90. The minimum atomic E-state index is -0.0358. The van der Waals surface area contributed by atoms with Crippen molar-refractivity contribution in [1.29, 1.82) is 0 Å². The van der Waals surface area contributed by atoms with Gasteiger partial charge in [0.1, 0.15) is 0 Å². The molecule has 0 bridgehead atoms. The molecule has 21 heavy (non-hydrogen) atoms. The molecule has 2 rings (SSSR count). The lowest BCUT2D eigenvalue weighted by Gasteiger charge is -2.09. The maximum absolute atomic E-state index is 12.0. The summed E-state index contributed by atoms with van der Waals surface area (Å²) < 4.78 is 0.890. The second kappa shape index (κ2) is 7.00. The van der Waals surface area contributed by atoms with Crippen LogP contribution in [-0.2, 0) is 4.79 Å². The fraction of sp³-hybridized carbons (Fsp3) is 0.188. The molecule has 3 nitrogen and oxygen atoms in total. The first kappa shape index (κ1) is 15.9. The van der Waals surface area contributed by atoms with Gasteiger partial charge in [-0.3, -0.25) is 4.79 Å². The van der Waals surface area contributed by atoms with Crippen LogP contribution in [0.5, 0.6) is 0 Å². The first-order valence-corrected chi connectivity index (χ1v) is 8.28. The van der Waals surface area contributed by atoms with Gasteiger partial charge in [0.15, 0.2) is 0 Å². The van der Waals surface area contributed by atoms with Crippen molar-refractivity contribution in [1.82, 2.24) is 0 Å². The van der Waals surface area contributed by atoms with Crippen molar-refractivity contribution in [3.05, 3.63) is 52.0 Å². The summed E-state index contributed by atoms with van der Waals surface area (Å²) in [5.74, 6) is 0.316. The minimum absolute atomic E-state index is 0.0358. The van der Waals surface area contributed by atoms with Gasteiger partial charge in [-0.2, -0.15) is 0 Å². The van der Waals surface area contributed by atoms with E-state index in [0.717, 1.165) is 26.2 Å². The maximum atomic E-state index is 12.0. The van der Waals surface area contributed by atoms with Crippen LogP contribution in [0.1, 0.15) is 11.1 Å². The first-order valence-electron chi connectivity index (χ1n) is 6.50. The average molecular weight is 365 g/mol. The van der Waals surface area contributed by atoms with Gasteiger partial charge < -0.3 is 11.1 Å². The largest absolute Gasteiger partial charge is 0.399 e. The molecule has 0 fully saturated rings. The minimum Gasteiger partial charge on any atom is -0.399 e. The molecule has 0 unspecified atom stereocenters. The van der Waals surface area contributed by atoms with E-state index in [1.54, 1.807) is 0 Å². The van der Waals surface area contributed by atoms with E-state index >= 15 is 0 Å². The predicted octanol–water partition coefficient (Wildman–Crippen LogP) is 4.38. The van der Waals surface area contributed by atoms with Crippen molar-refractivity contribution >= 4 is 45.0 Å². The highest BCUT2D eigenvalue weighted by molar-refractivity contribution is 9.10. The highest BCUT2D eigenvalue weighted by Gasteiger charge is 2.08. The van der Waals surface area contributed by atoms with Crippen molar-refractivity contribution in [3.63, 3.8) is 0 Å². The SMILES string of the molecule is Cc1ccc(NC(=O)CSc2cc(N)ccc2C)c(Br)c1. The molecule has 0 aliphatic heterocycles. The van der Waals surface area contributed by atoms with E-state index in [-0.39, 0.29) is 5.91 Å². The van der Waals surface area contributed by atoms with Crippen LogP contribution in [0.4, 0.5) is 11.4 Å². The quantitative estimate of drug-likeness (QED) is 0.625. The smallest absolute Gasteiger partial charge is 0.234 e. The number of nitrogen functional groups attached to an aromatic ring is 1. The number of nitrogens with two attached hydrogens (primary N) is 1. The molecule has 0 spiro atoms. The molecule has 0 aliphatic carbocycles. The molecular formula is C16H17BrN2OS. The summed E-state index contributed by atoms with van der Waals surface area (Å²) in [6.45, 7) is 4.02. The lowest BCUT2D eigenvalue weighted by molar-refractivity contribution is -0.113. The maximum Gasteiger partial charge on any atom is 0.234 e. The van der Waals surface area contributed by atoms with E-state index < -0.39 is 0 Å². The molecule has 2 aromatic rings. The zero-order chi connectivity index (χ0) is 15.4. The van der Waals surface area contributed by atoms with Gasteiger partial charge in [0, 0.05) is 15.1 Å². The predicted molar refractivity (Wildman–Crippen MR) is 93.8 cm³/mol. The monoisotopic (exact) mass is 364 g/mol. The molecular weight excluding hydrogens is 348 g/mol. The molecule has 5 heteroatoms. The average Bonchev–Trinajstić information content (AvgIpc) is 2.43. The second-order valence-electron chi connectivity index (χ2n) is 4.85. The van der Waals surface area contributed by atoms with E-state index in [4.69, 9.17) is 5.73 Å². The zero-order valence-electron chi connectivity index (χ0n) is 11.9. The number of rotatable bonds is 4. The topological polar surface area (TPSA) is 55.1 Å². The molecule has 0 atom stereocenters. The lowest BCUT2D eigenvalue weighted by Crippen LogP contribution is -2.14. The number of hydrogen-bond donors (Lipinski definition) is 2. The number of benzene rings is 2. The van der Waals surface area contributed by atoms with E-state index in [9.17, 15) is 4.79 Å². The Bertz CT molecular complexity index is 673. The van der Waals surface area contributed by atoms with Crippen molar-refractivity contribution in [3.8, 4) is 0 Å². The summed E-state index contributed by atoms with van der Waals surface area (Å²) in [7, 11) is 0. The Kier molecular flexibility index (Phi) is 5.31. The number of nitrogens with one attached hydrogen (secondary N) is 1. The Hall–Kier alpha value is -1.46. The fourth-order valence-electron chi connectivity index (χ4n) is 1.82. The second-order valence-corrected chi connectivity index (χ2v) is 6.72. The van der Waals surface area contributed by atoms with Crippen LogP contribution >= 0.6 is 27.7 Å². The van der Waals surface area contributed by atoms with Gasteiger partial charge in [-0.05, 0) is 65.2 Å². The summed E-state index contributed by atoms with van der Waals surface area (Å²) in [4.78, 5) is 13.1. The van der Waals surface area contributed by atoms with Crippen LogP contribution < -0.4 is 11.1 Å². The summed E-state index contributed by atoms with van der Waals surface area (Å²) >= 11 is 4.94. The van der Waals surface area contributed by atoms with E-state index in [2.05, 4.69) is 21.2 Å². The third-order valence-electron chi connectivity index (χ3n) is 2.97. The molecule has 0 aromatic heterocycles. The molecule has 0 saturated heterocycles. The molecule has 0 heterocycles. The van der Waals surface area contributed by atoms with Gasteiger partial charge in [0.05, 0.1) is 11.4 Å². The van der Waals surface area contributed by atoms with Crippen LogP contribution in [0.15, 0.2) is 45.8 Å². The van der Waals surface area contributed by atoms with Crippen LogP contribution in [0.25, 0.3) is 0 Å². The Morgan fingerprint density at radius 3 is 2.71 bits per heavy atom. The molecule has 1 amide bonds. The number of carbonyl (C=O) groups is 1.